The number of rotatable bonds is 9. The summed E-state index contributed by atoms with van der Waals surface area (Å²) in [6, 6.07) is 6.11. The molecule has 5 nitrogen and oxygen atoms in total. The SMILES string of the molecule is CC(C)C[C@H](CO)Nc1nc(Cl)nc(CC(C)c2ccc(C(C)(F)F)cc2)n1. The summed E-state index contributed by atoms with van der Waals surface area (Å²) in [6.07, 6.45) is 1.24. The highest BCUT2D eigenvalue weighted by Gasteiger charge is 2.24. The number of benzene rings is 1. The zero-order chi connectivity index (χ0) is 20.9. The van der Waals surface area contributed by atoms with Gasteiger partial charge in [0, 0.05) is 18.9 Å². The number of nitrogens with zero attached hydrogens (tertiary/aromatic N) is 3. The molecule has 0 aliphatic rings. The van der Waals surface area contributed by atoms with Gasteiger partial charge in [-0.1, -0.05) is 45.0 Å². The van der Waals surface area contributed by atoms with Gasteiger partial charge in [-0.05, 0) is 35.4 Å². The third kappa shape index (κ3) is 6.63. The monoisotopic (exact) mass is 412 g/mol. The number of aliphatic hydroxyl groups is 1. The number of anilines is 1. The van der Waals surface area contributed by atoms with Gasteiger partial charge in [0.25, 0.3) is 5.92 Å². The van der Waals surface area contributed by atoms with Gasteiger partial charge in [-0.2, -0.15) is 9.97 Å². The predicted molar refractivity (Wildman–Crippen MR) is 107 cm³/mol. The van der Waals surface area contributed by atoms with Gasteiger partial charge in [-0.15, -0.1) is 0 Å². The van der Waals surface area contributed by atoms with E-state index in [0.717, 1.165) is 18.9 Å². The molecule has 2 N–H and O–H groups in total. The number of aromatic nitrogens is 3. The van der Waals surface area contributed by atoms with E-state index in [9.17, 15) is 13.9 Å². The van der Waals surface area contributed by atoms with Crippen LogP contribution >= 0.6 is 11.6 Å². The highest BCUT2D eigenvalue weighted by Crippen LogP contribution is 2.29. The van der Waals surface area contributed by atoms with Crippen molar-refractivity contribution in [1.82, 2.24) is 15.0 Å². The summed E-state index contributed by atoms with van der Waals surface area (Å²) in [7, 11) is 0. The molecule has 0 aliphatic heterocycles. The molecule has 2 atom stereocenters. The smallest absolute Gasteiger partial charge is 0.270 e. The molecule has 0 amide bonds. The highest BCUT2D eigenvalue weighted by molar-refractivity contribution is 6.28. The third-order valence-corrected chi connectivity index (χ3v) is 4.61. The van der Waals surface area contributed by atoms with E-state index in [1.54, 1.807) is 12.1 Å². The lowest BCUT2D eigenvalue weighted by Crippen LogP contribution is -2.27. The van der Waals surface area contributed by atoms with Crippen LogP contribution in [0.3, 0.4) is 0 Å². The summed E-state index contributed by atoms with van der Waals surface area (Å²) < 4.78 is 26.7. The second kappa shape index (κ2) is 9.56. The van der Waals surface area contributed by atoms with Crippen molar-refractivity contribution >= 4 is 17.5 Å². The molecule has 0 aliphatic carbocycles. The largest absolute Gasteiger partial charge is 0.394 e. The average molecular weight is 413 g/mol. The van der Waals surface area contributed by atoms with Crippen molar-refractivity contribution < 1.29 is 13.9 Å². The molecule has 1 unspecified atom stereocenters. The first-order valence-corrected chi connectivity index (χ1v) is 9.72. The summed E-state index contributed by atoms with van der Waals surface area (Å²) in [5.74, 6) is -1.62. The molecule has 1 aromatic carbocycles. The zero-order valence-electron chi connectivity index (χ0n) is 16.6. The van der Waals surface area contributed by atoms with Crippen molar-refractivity contribution in [2.24, 2.45) is 5.92 Å². The van der Waals surface area contributed by atoms with Crippen LogP contribution in [0.5, 0.6) is 0 Å². The minimum atomic E-state index is -2.86. The fourth-order valence-electron chi connectivity index (χ4n) is 2.97. The van der Waals surface area contributed by atoms with Crippen LogP contribution in [0.2, 0.25) is 5.28 Å². The van der Waals surface area contributed by atoms with Crippen LogP contribution in [0.25, 0.3) is 0 Å². The Morgan fingerprint density at radius 3 is 2.29 bits per heavy atom. The first kappa shape index (κ1) is 22.4. The summed E-state index contributed by atoms with van der Waals surface area (Å²) in [5, 5.41) is 12.7. The van der Waals surface area contributed by atoms with E-state index in [4.69, 9.17) is 11.6 Å². The molecule has 1 heterocycles. The molecular formula is C20H27ClF2N4O. The summed E-state index contributed by atoms with van der Waals surface area (Å²) in [6.45, 7) is 6.95. The van der Waals surface area contributed by atoms with Gasteiger partial charge in [0.15, 0.2) is 0 Å². The maximum atomic E-state index is 13.4. The molecule has 0 spiro atoms. The maximum Gasteiger partial charge on any atom is 0.270 e. The van der Waals surface area contributed by atoms with Crippen LogP contribution in [0.1, 0.15) is 57.0 Å². The Labute approximate surface area is 169 Å². The normalized spacial score (nSPS) is 14.2. The fourth-order valence-corrected chi connectivity index (χ4v) is 3.15. The first-order chi connectivity index (χ1) is 13.1. The second-order valence-corrected chi connectivity index (χ2v) is 7.95. The lowest BCUT2D eigenvalue weighted by molar-refractivity contribution is 0.0174. The topological polar surface area (TPSA) is 70.9 Å². The average Bonchev–Trinajstić information content (AvgIpc) is 2.59. The van der Waals surface area contributed by atoms with E-state index < -0.39 is 5.92 Å². The van der Waals surface area contributed by atoms with Crippen molar-refractivity contribution in [3.05, 3.63) is 46.5 Å². The van der Waals surface area contributed by atoms with E-state index in [1.807, 2.05) is 6.92 Å². The second-order valence-electron chi connectivity index (χ2n) is 7.61. The van der Waals surface area contributed by atoms with Gasteiger partial charge >= 0.3 is 0 Å². The molecule has 0 radical (unpaired) electrons. The Balaban J connectivity index is 2.11. The van der Waals surface area contributed by atoms with Crippen molar-refractivity contribution in [3.63, 3.8) is 0 Å². The van der Waals surface area contributed by atoms with Crippen LogP contribution < -0.4 is 5.32 Å². The molecule has 0 bridgehead atoms. The van der Waals surface area contributed by atoms with E-state index in [1.165, 1.54) is 12.1 Å². The summed E-state index contributed by atoms with van der Waals surface area (Å²) in [4.78, 5) is 12.7. The fraction of sp³-hybridized carbons (Fsp3) is 0.550. The molecule has 154 valence electrons. The minimum absolute atomic E-state index is 0.00940. The molecule has 2 rings (SSSR count). The Morgan fingerprint density at radius 2 is 1.75 bits per heavy atom. The number of aliphatic hydroxyl groups excluding tert-OH is 1. The standard InChI is InChI=1S/C20H27ClF2N4O/c1-12(2)9-16(11-28)24-19-26-17(25-18(21)27-19)10-13(3)14-5-7-15(8-6-14)20(4,22)23/h5-8,12-13,16,28H,9-11H2,1-4H3,(H,24,25,26,27)/t13?,16-/m1/s1. The minimum Gasteiger partial charge on any atom is -0.394 e. The number of nitrogens with one attached hydrogen (secondary N) is 1. The molecule has 0 saturated carbocycles. The van der Waals surface area contributed by atoms with Crippen molar-refractivity contribution in [2.45, 2.75) is 58.4 Å². The van der Waals surface area contributed by atoms with Gasteiger partial charge in [-0.3, -0.25) is 0 Å². The van der Waals surface area contributed by atoms with Gasteiger partial charge in [0.05, 0.1) is 12.6 Å². The number of hydrogen-bond donors (Lipinski definition) is 2. The van der Waals surface area contributed by atoms with Gasteiger partial charge in [0.2, 0.25) is 11.2 Å². The Bertz CT molecular complexity index is 766. The molecule has 2 aromatic rings. The van der Waals surface area contributed by atoms with Crippen molar-refractivity contribution in [3.8, 4) is 0 Å². The number of alkyl halides is 2. The number of halogens is 3. The highest BCUT2D eigenvalue weighted by atomic mass is 35.5. The lowest BCUT2D eigenvalue weighted by atomic mass is 9.95. The molecule has 0 saturated heterocycles. The third-order valence-electron chi connectivity index (χ3n) is 4.44. The first-order valence-electron chi connectivity index (χ1n) is 9.34. The molecule has 1 aromatic heterocycles. The zero-order valence-corrected chi connectivity index (χ0v) is 17.3. The summed E-state index contributed by atoms with van der Waals surface area (Å²) >= 11 is 6.03. The van der Waals surface area contributed by atoms with Gasteiger partial charge in [-0.25, -0.2) is 13.8 Å². The van der Waals surface area contributed by atoms with E-state index in [2.05, 4.69) is 34.1 Å². The van der Waals surface area contributed by atoms with E-state index >= 15 is 0 Å². The predicted octanol–water partition coefficient (Wildman–Crippen LogP) is 4.80. The van der Waals surface area contributed by atoms with Crippen LogP contribution in [0, 0.1) is 5.92 Å². The van der Waals surface area contributed by atoms with Crippen LogP contribution in [-0.4, -0.2) is 32.7 Å². The van der Waals surface area contributed by atoms with Crippen LogP contribution in [-0.2, 0) is 12.3 Å². The van der Waals surface area contributed by atoms with Crippen LogP contribution in [0.4, 0.5) is 14.7 Å². The van der Waals surface area contributed by atoms with E-state index in [0.29, 0.717) is 24.1 Å². The molecular weight excluding hydrogens is 386 g/mol. The Morgan fingerprint density at radius 1 is 1.11 bits per heavy atom. The van der Waals surface area contributed by atoms with Crippen LogP contribution in [0.15, 0.2) is 24.3 Å². The Kier molecular flexibility index (Phi) is 7.66. The molecule has 8 heteroatoms. The maximum absolute atomic E-state index is 13.4. The molecule has 28 heavy (non-hydrogen) atoms. The quantitative estimate of drug-likeness (QED) is 0.618. The Hall–Kier alpha value is -1.86. The molecule has 0 fully saturated rings. The van der Waals surface area contributed by atoms with Gasteiger partial charge < -0.3 is 10.4 Å². The number of hydrogen-bond acceptors (Lipinski definition) is 5. The van der Waals surface area contributed by atoms with Crippen molar-refractivity contribution in [2.75, 3.05) is 11.9 Å². The lowest BCUT2D eigenvalue weighted by Gasteiger charge is -2.19. The van der Waals surface area contributed by atoms with E-state index in [-0.39, 0.29) is 29.4 Å². The van der Waals surface area contributed by atoms with Crippen molar-refractivity contribution in [1.29, 1.82) is 0 Å². The van der Waals surface area contributed by atoms with Gasteiger partial charge in [0.1, 0.15) is 5.82 Å². The summed E-state index contributed by atoms with van der Waals surface area (Å²) in [5.41, 5.74) is 0.894.